The Hall–Kier alpha value is -1.61. The number of carbonyl (C=O) groups is 1. The molecule has 1 amide bonds. The van der Waals surface area contributed by atoms with Gasteiger partial charge in [-0.05, 0) is 36.2 Å². The van der Waals surface area contributed by atoms with Crippen molar-refractivity contribution in [2.75, 3.05) is 0 Å². The van der Waals surface area contributed by atoms with E-state index in [1.54, 1.807) is 0 Å². The molecule has 96 valence electrons. The van der Waals surface area contributed by atoms with Crippen LogP contribution in [0.4, 0.5) is 0 Å². The van der Waals surface area contributed by atoms with Crippen LogP contribution in [0, 0.1) is 0 Å². The number of amides is 1. The number of nitrogens with one attached hydrogen (secondary N) is 1. The Morgan fingerprint density at radius 3 is 2.42 bits per heavy atom. The van der Waals surface area contributed by atoms with Gasteiger partial charge in [0.1, 0.15) is 0 Å². The van der Waals surface area contributed by atoms with Gasteiger partial charge in [-0.1, -0.05) is 46.3 Å². The Balaban J connectivity index is 1.62. The van der Waals surface area contributed by atoms with Gasteiger partial charge in [-0.2, -0.15) is 0 Å². The SMILES string of the molecule is O=C(NC1CC1c1ccccc1)c1ccc(Br)cc1. The summed E-state index contributed by atoms with van der Waals surface area (Å²) >= 11 is 3.37. The quantitative estimate of drug-likeness (QED) is 0.918. The van der Waals surface area contributed by atoms with Crippen LogP contribution in [0.15, 0.2) is 59.1 Å². The second-order valence-electron chi connectivity index (χ2n) is 4.84. The van der Waals surface area contributed by atoms with Crippen molar-refractivity contribution in [1.29, 1.82) is 0 Å². The minimum Gasteiger partial charge on any atom is -0.349 e. The van der Waals surface area contributed by atoms with E-state index in [4.69, 9.17) is 0 Å². The molecule has 3 rings (SSSR count). The first-order valence-corrected chi connectivity index (χ1v) is 7.15. The van der Waals surface area contributed by atoms with Gasteiger partial charge in [0.05, 0.1) is 0 Å². The number of rotatable bonds is 3. The highest BCUT2D eigenvalue weighted by molar-refractivity contribution is 9.10. The average molecular weight is 316 g/mol. The number of benzene rings is 2. The molecule has 1 aliphatic carbocycles. The lowest BCUT2D eigenvalue weighted by atomic mass is 10.1. The van der Waals surface area contributed by atoms with Crippen molar-refractivity contribution in [2.24, 2.45) is 0 Å². The lowest BCUT2D eigenvalue weighted by Gasteiger charge is -2.05. The zero-order valence-electron chi connectivity index (χ0n) is 10.3. The monoisotopic (exact) mass is 315 g/mol. The Labute approximate surface area is 121 Å². The summed E-state index contributed by atoms with van der Waals surface area (Å²) in [7, 11) is 0. The Bertz CT molecular complexity index is 579. The van der Waals surface area contributed by atoms with Crippen LogP contribution >= 0.6 is 15.9 Å². The number of halogens is 1. The van der Waals surface area contributed by atoms with E-state index >= 15 is 0 Å². The molecule has 2 nitrogen and oxygen atoms in total. The summed E-state index contributed by atoms with van der Waals surface area (Å²) in [6, 6.07) is 18.1. The predicted octanol–water partition coefficient (Wildman–Crippen LogP) is 3.74. The maximum atomic E-state index is 12.1. The summed E-state index contributed by atoms with van der Waals surface area (Å²) in [4.78, 5) is 12.1. The van der Waals surface area contributed by atoms with Crippen molar-refractivity contribution >= 4 is 21.8 Å². The van der Waals surface area contributed by atoms with Gasteiger partial charge in [-0.3, -0.25) is 4.79 Å². The Kier molecular flexibility index (Phi) is 3.38. The van der Waals surface area contributed by atoms with Gasteiger partial charge < -0.3 is 5.32 Å². The number of carbonyl (C=O) groups excluding carboxylic acids is 1. The van der Waals surface area contributed by atoms with Crippen LogP contribution in [0.3, 0.4) is 0 Å². The molecule has 3 heteroatoms. The molecule has 2 aromatic carbocycles. The maximum Gasteiger partial charge on any atom is 0.251 e. The van der Waals surface area contributed by atoms with Crippen molar-refractivity contribution in [3.63, 3.8) is 0 Å². The average Bonchev–Trinajstić information content (AvgIpc) is 3.20. The van der Waals surface area contributed by atoms with Crippen molar-refractivity contribution < 1.29 is 4.79 Å². The lowest BCUT2D eigenvalue weighted by Crippen LogP contribution is -2.26. The first kappa shape index (κ1) is 12.4. The lowest BCUT2D eigenvalue weighted by molar-refractivity contribution is 0.0950. The van der Waals surface area contributed by atoms with Gasteiger partial charge in [-0.25, -0.2) is 0 Å². The normalized spacial score (nSPS) is 20.9. The van der Waals surface area contributed by atoms with E-state index in [0.29, 0.717) is 11.5 Å². The smallest absolute Gasteiger partial charge is 0.251 e. The third-order valence-corrected chi connectivity index (χ3v) is 3.97. The minimum atomic E-state index is 0.0101. The van der Waals surface area contributed by atoms with Gasteiger partial charge in [0.2, 0.25) is 0 Å². The zero-order chi connectivity index (χ0) is 13.2. The standard InChI is InChI=1S/C16H14BrNO/c17-13-8-6-12(7-9-13)16(19)18-15-10-14(15)11-4-2-1-3-5-11/h1-9,14-15H,10H2,(H,18,19). The molecule has 0 aliphatic heterocycles. The van der Waals surface area contributed by atoms with Gasteiger partial charge in [0, 0.05) is 22.0 Å². The van der Waals surface area contributed by atoms with E-state index in [0.717, 1.165) is 10.9 Å². The molecule has 0 bridgehead atoms. The third kappa shape index (κ3) is 2.87. The molecule has 0 radical (unpaired) electrons. The molecule has 0 heterocycles. The van der Waals surface area contributed by atoms with E-state index < -0.39 is 0 Å². The molecule has 2 aromatic rings. The highest BCUT2D eigenvalue weighted by atomic mass is 79.9. The maximum absolute atomic E-state index is 12.1. The Morgan fingerprint density at radius 2 is 1.74 bits per heavy atom. The molecule has 19 heavy (non-hydrogen) atoms. The van der Waals surface area contributed by atoms with Crippen molar-refractivity contribution in [3.05, 3.63) is 70.2 Å². The third-order valence-electron chi connectivity index (χ3n) is 3.44. The van der Waals surface area contributed by atoms with Gasteiger partial charge >= 0.3 is 0 Å². The zero-order valence-corrected chi connectivity index (χ0v) is 11.9. The van der Waals surface area contributed by atoms with Crippen molar-refractivity contribution in [1.82, 2.24) is 5.32 Å². The summed E-state index contributed by atoms with van der Waals surface area (Å²) in [5.74, 6) is 0.483. The van der Waals surface area contributed by atoms with Gasteiger partial charge in [0.15, 0.2) is 0 Å². The molecule has 1 N–H and O–H groups in total. The van der Waals surface area contributed by atoms with E-state index in [9.17, 15) is 4.79 Å². The van der Waals surface area contributed by atoms with Crippen LogP contribution in [-0.4, -0.2) is 11.9 Å². The molecule has 0 saturated heterocycles. The van der Waals surface area contributed by atoms with Crippen LogP contribution in [-0.2, 0) is 0 Å². The first-order valence-electron chi connectivity index (χ1n) is 6.35. The van der Waals surface area contributed by atoms with Crippen LogP contribution in [0.2, 0.25) is 0 Å². The molecule has 0 spiro atoms. The fraction of sp³-hybridized carbons (Fsp3) is 0.188. The summed E-state index contributed by atoms with van der Waals surface area (Å²) in [6.07, 6.45) is 1.03. The van der Waals surface area contributed by atoms with E-state index in [1.807, 2.05) is 42.5 Å². The van der Waals surface area contributed by atoms with Crippen molar-refractivity contribution in [2.45, 2.75) is 18.4 Å². The van der Waals surface area contributed by atoms with E-state index in [-0.39, 0.29) is 11.9 Å². The predicted molar refractivity (Wildman–Crippen MR) is 79.2 cm³/mol. The topological polar surface area (TPSA) is 29.1 Å². The van der Waals surface area contributed by atoms with Crippen LogP contribution in [0.25, 0.3) is 0 Å². The van der Waals surface area contributed by atoms with Crippen LogP contribution in [0.1, 0.15) is 28.3 Å². The molecule has 1 fully saturated rings. The number of hydrogen-bond acceptors (Lipinski definition) is 1. The van der Waals surface area contributed by atoms with Gasteiger partial charge in [0.25, 0.3) is 5.91 Å². The summed E-state index contributed by atoms with van der Waals surface area (Å²) in [6.45, 7) is 0. The second-order valence-corrected chi connectivity index (χ2v) is 5.76. The molecular formula is C16H14BrNO. The molecule has 1 aliphatic rings. The van der Waals surface area contributed by atoms with Crippen LogP contribution < -0.4 is 5.32 Å². The first-order chi connectivity index (χ1) is 9.24. The fourth-order valence-corrected chi connectivity index (χ4v) is 2.54. The summed E-state index contributed by atoms with van der Waals surface area (Å²) in [5, 5.41) is 3.08. The molecule has 2 unspecified atom stereocenters. The van der Waals surface area contributed by atoms with Crippen molar-refractivity contribution in [3.8, 4) is 0 Å². The summed E-state index contributed by atoms with van der Waals surface area (Å²) < 4.78 is 0.984. The highest BCUT2D eigenvalue weighted by Crippen LogP contribution is 2.40. The molecule has 1 saturated carbocycles. The number of hydrogen-bond donors (Lipinski definition) is 1. The second kappa shape index (κ2) is 5.17. The summed E-state index contributed by atoms with van der Waals surface area (Å²) in [5.41, 5.74) is 2.02. The minimum absolute atomic E-state index is 0.0101. The fourth-order valence-electron chi connectivity index (χ4n) is 2.28. The van der Waals surface area contributed by atoms with E-state index in [1.165, 1.54) is 5.56 Å². The molecule has 2 atom stereocenters. The highest BCUT2D eigenvalue weighted by Gasteiger charge is 2.39. The Morgan fingerprint density at radius 1 is 1.05 bits per heavy atom. The molecule has 0 aromatic heterocycles. The van der Waals surface area contributed by atoms with E-state index in [2.05, 4.69) is 33.4 Å². The largest absolute Gasteiger partial charge is 0.349 e. The molecular weight excluding hydrogens is 302 g/mol. The van der Waals surface area contributed by atoms with Crippen LogP contribution in [0.5, 0.6) is 0 Å². The van der Waals surface area contributed by atoms with Gasteiger partial charge in [-0.15, -0.1) is 0 Å².